The Balaban J connectivity index is 0.00000169. The van der Waals surface area contributed by atoms with E-state index in [0.717, 1.165) is 69.9 Å². The summed E-state index contributed by atoms with van der Waals surface area (Å²) in [6.45, 7) is 5.66. The quantitative estimate of drug-likeness (QED) is 0.750. The minimum atomic E-state index is -3.14. The number of nitrogens with one attached hydrogen (secondary N) is 2. The molecule has 0 atom stereocenters. The fourth-order valence-corrected chi connectivity index (χ4v) is 4.35. The van der Waals surface area contributed by atoms with E-state index >= 15 is 0 Å². The molecule has 2 aliphatic heterocycles. The van der Waals surface area contributed by atoms with Crippen LogP contribution >= 0.6 is 24.8 Å². The van der Waals surface area contributed by atoms with Crippen molar-refractivity contribution < 1.29 is 8.42 Å². The molecule has 0 aromatic carbocycles. The SMILES string of the molecule is CCc1nc2c(c(N3CCC(NS(C)(=O)=O)CC3)n1)CCNCC2.Cl.Cl. The number of nitrogens with zero attached hydrogens (tertiary/aromatic N) is 3. The number of rotatable bonds is 4. The molecule has 150 valence electrons. The van der Waals surface area contributed by atoms with E-state index in [1.165, 1.54) is 17.5 Å². The van der Waals surface area contributed by atoms with Crippen LogP contribution in [0.15, 0.2) is 0 Å². The van der Waals surface area contributed by atoms with Gasteiger partial charge >= 0.3 is 0 Å². The zero-order chi connectivity index (χ0) is 17.2. The molecule has 0 amide bonds. The number of piperidine rings is 1. The number of aryl methyl sites for hydroxylation is 1. The van der Waals surface area contributed by atoms with Gasteiger partial charge in [0.25, 0.3) is 0 Å². The highest BCUT2D eigenvalue weighted by Gasteiger charge is 2.26. The van der Waals surface area contributed by atoms with Gasteiger partial charge in [-0.2, -0.15) is 0 Å². The average Bonchev–Trinajstić information content (AvgIpc) is 2.78. The van der Waals surface area contributed by atoms with Crippen molar-refractivity contribution in [1.82, 2.24) is 20.0 Å². The number of hydrogen-bond donors (Lipinski definition) is 2. The molecule has 0 unspecified atom stereocenters. The molecule has 26 heavy (non-hydrogen) atoms. The van der Waals surface area contributed by atoms with E-state index in [1.54, 1.807) is 0 Å². The molecule has 10 heteroatoms. The van der Waals surface area contributed by atoms with Gasteiger partial charge in [0.2, 0.25) is 10.0 Å². The Morgan fingerprint density at radius 2 is 1.81 bits per heavy atom. The van der Waals surface area contributed by atoms with E-state index in [1.807, 2.05) is 0 Å². The van der Waals surface area contributed by atoms with Gasteiger partial charge in [-0.05, 0) is 25.8 Å². The van der Waals surface area contributed by atoms with E-state index in [2.05, 4.69) is 21.9 Å². The molecule has 7 nitrogen and oxygen atoms in total. The van der Waals surface area contributed by atoms with Crippen molar-refractivity contribution in [3.8, 4) is 0 Å². The molecule has 2 aliphatic rings. The fourth-order valence-electron chi connectivity index (χ4n) is 3.51. The number of sulfonamides is 1. The fraction of sp³-hybridized carbons (Fsp3) is 0.750. The van der Waals surface area contributed by atoms with Crippen molar-refractivity contribution in [1.29, 1.82) is 0 Å². The lowest BCUT2D eigenvalue weighted by molar-refractivity contribution is 0.459. The second-order valence-corrected chi connectivity index (χ2v) is 8.42. The summed E-state index contributed by atoms with van der Waals surface area (Å²) in [4.78, 5) is 11.9. The number of fused-ring (bicyclic) bond motifs is 1. The minimum absolute atomic E-state index is 0. The number of anilines is 1. The van der Waals surface area contributed by atoms with Crippen LogP contribution in [-0.4, -0.2) is 56.9 Å². The predicted molar refractivity (Wildman–Crippen MR) is 109 cm³/mol. The molecule has 2 N–H and O–H groups in total. The first-order valence-electron chi connectivity index (χ1n) is 8.78. The average molecular weight is 426 g/mol. The van der Waals surface area contributed by atoms with Gasteiger partial charge in [-0.25, -0.2) is 23.1 Å². The summed E-state index contributed by atoms with van der Waals surface area (Å²) in [6.07, 6.45) is 5.58. The zero-order valence-corrected chi connectivity index (χ0v) is 17.8. The predicted octanol–water partition coefficient (Wildman–Crippen LogP) is 1.09. The summed E-state index contributed by atoms with van der Waals surface area (Å²) in [7, 11) is -3.14. The van der Waals surface area contributed by atoms with Crippen LogP contribution in [0.5, 0.6) is 0 Å². The Bertz CT molecular complexity index is 694. The van der Waals surface area contributed by atoms with Crippen LogP contribution in [0, 0.1) is 0 Å². The molecule has 1 saturated heterocycles. The highest BCUT2D eigenvalue weighted by molar-refractivity contribution is 7.88. The first-order chi connectivity index (χ1) is 11.5. The lowest BCUT2D eigenvalue weighted by Gasteiger charge is -2.34. The van der Waals surface area contributed by atoms with Crippen LogP contribution < -0.4 is 14.9 Å². The zero-order valence-electron chi connectivity index (χ0n) is 15.3. The van der Waals surface area contributed by atoms with Gasteiger partial charge in [0.1, 0.15) is 11.6 Å². The second kappa shape index (κ2) is 10.0. The summed E-state index contributed by atoms with van der Waals surface area (Å²) >= 11 is 0. The molecule has 0 saturated carbocycles. The highest BCUT2D eigenvalue weighted by Crippen LogP contribution is 2.26. The van der Waals surface area contributed by atoms with E-state index < -0.39 is 10.0 Å². The highest BCUT2D eigenvalue weighted by atomic mass is 35.5. The normalized spacial score (nSPS) is 18.3. The topological polar surface area (TPSA) is 87.2 Å². The second-order valence-electron chi connectivity index (χ2n) is 6.64. The summed E-state index contributed by atoms with van der Waals surface area (Å²) in [5.41, 5.74) is 2.45. The van der Waals surface area contributed by atoms with Gasteiger partial charge < -0.3 is 10.2 Å². The summed E-state index contributed by atoms with van der Waals surface area (Å²) in [5, 5.41) is 3.43. The maximum atomic E-state index is 11.4. The van der Waals surface area contributed by atoms with Gasteiger partial charge in [-0.3, -0.25) is 0 Å². The van der Waals surface area contributed by atoms with Gasteiger partial charge in [0.15, 0.2) is 0 Å². The standard InChI is InChI=1S/C16H27N5O2S.2ClH/c1-3-15-18-14-5-9-17-8-4-13(14)16(19-15)21-10-6-12(7-11-21)20-24(2,22)23;;/h12,17,20H,3-11H2,1-2H3;2*1H. The van der Waals surface area contributed by atoms with E-state index in [-0.39, 0.29) is 30.9 Å². The monoisotopic (exact) mass is 425 g/mol. The summed E-state index contributed by atoms with van der Waals surface area (Å²) < 4.78 is 25.6. The largest absolute Gasteiger partial charge is 0.356 e. The minimum Gasteiger partial charge on any atom is -0.356 e. The van der Waals surface area contributed by atoms with Crippen molar-refractivity contribution in [2.75, 3.05) is 37.3 Å². The third-order valence-electron chi connectivity index (χ3n) is 4.70. The molecule has 0 spiro atoms. The van der Waals surface area contributed by atoms with Crippen LogP contribution in [0.2, 0.25) is 0 Å². The van der Waals surface area contributed by atoms with E-state index in [0.29, 0.717) is 0 Å². The molecule has 0 radical (unpaired) electrons. The summed E-state index contributed by atoms with van der Waals surface area (Å²) in [5.74, 6) is 1.97. The van der Waals surface area contributed by atoms with Crippen molar-refractivity contribution in [3.63, 3.8) is 0 Å². The van der Waals surface area contributed by atoms with Gasteiger partial charge in [-0.15, -0.1) is 24.8 Å². The Labute approximate surface area is 168 Å². The number of halogens is 2. The molecule has 3 heterocycles. The lowest BCUT2D eigenvalue weighted by Crippen LogP contribution is -2.45. The molecule has 1 fully saturated rings. The Morgan fingerprint density at radius 3 is 2.42 bits per heavy atom. The molecular weight excluding hydrogens is 397 g/mol. The third-order valence-corrected chi connectivity index (χ3v) is 5.46. The van der Waals surface area contributed by atoms with Gasteiger partial charge in [0, 0.05) is 44.1 Å². The van der Waals surface area contributed by atoms with Crippen LogP contribution in [0.3, 0.4) is 0 Å². The Kier molecular flexibility index (Phi) is 9.02. The van der Waals surface area contributed by atoms with E-state index in [9.17, 15) is 8.42 Å². The van der Waals surface area contributed by atoms with Crippen molar-refractivity contribution in [2.45, 2.75) is 45.1 Å². The smallest absolute Gasteiger partial charge is 0.208 e. The molecule has 0 aliphatic carbocycles. The van der Waals surface area contributed by atoms with Crippen LogP contribution in [0.1, 0.15) is 36.8 Å². The van der Waals surface area contributed by atoms with Gasteiger partial charge in [0.05, 0.1) is 11.9 Å². The third kappa shape index (κ3) is 5.92. The summed E-state index contributed by atoms with van der Waals surface area (Å²) in [6, 6.07) is 0.0315. The molecule has 1 aromatic rings. The first kappa shape index (κ1) is 23.4. The van der Waals surface area contributed by atoms with Crippen molar-refractivity contribution in [2.24, 2.45) is 0 Å². The maximum Gasteiger partial charge on any atom is 0.208 e. The molecule has 3 rings (SSSR count). The molecule has 1 aromatic heterocycles. The van der Waals surface area contributed by atoms with Crippen LogP contribution in [0.4, 0.5) is 5.82 Å². The molecular formula is C16H29Cl2N5O2S. The van der Waals surface area contributed by atoms with Gasteiger partial charge in [-0.1, -0.05) is 6.92 Å². The molecule has 0 bridgehead atoms. The van der Waals surface area contributed by atoms with Crippen molar-refractivity contribution in [3.05, 3.63) is 17.1 Å². The lowest BCUT2D eigenvalue weighted by atomic mass is 10.0. The maximum absolute atomic E-state index is 11.4. The number of hydrogen-bond acceptors (Lipinski definition) is 6. The van der Waals surface area contributed by atoms with Crippen LogP contribution in [-0.2, 0) is 29.3 Å². The Morgan fingerprint density at radius 1 is 1.15 bits per heavy atom. The van der Waals surface area contributed by atoms with Crippen molar-refractivity contribution >= 4 is 40.7 Å². The first-order valence-corrected chi connectivity index (χ1v) is 10.7. The number of aromatic nitrogens is 2. The van der Waals surface area contributed by atoms with E-state index in [4.69, 9.17) is 9.97 Å². The Hall–Kier alpha value is -0.670. The van der Waals surface area contributed by atoms with Crippen LogP contribution in [0.25, 0.3) is 0 Å².